The summed E-state index contributed by atoms with van der Waals surface area (Å²) in [6, 6.07) is 9.78. The molecule has 0 heterocycles. The Balaban J connectivity index is 2.29. The van der Waals surface area contributed by atoms with Gasteiger partial charge in [0, 0.05) is 11.8 Å². The van der Waals surface area contributed by atoms with Crippen molar-refractivity contribution in [2.75, 3.05) is 0 Å². The van der Waals surface area contributed by atoms with Crippen LogP contribution in [0.2, 0.25) is 0 Å². The van der Waals surface area contributed by atoms with Gasteiger partial charge < -0.3 is 15.3 Å². The van der Waals surface area contributed by atoms with Gasteiger partial charge in [-0.3, -0.25) is 4.99 Å². The molecule has 0 saturated carbocycles. The van der Waals surface area contributed by atoms with E-state index in [-0.39, 0.29) is 16.9 Å². The summed E-state index contributed by atoms with van der Waals surface area (Å²) in [5.74, 6) is -2.35. The molecule has 0 aliphatic carbocycles. The molecule has 6 nitrogen and oxygen atoms in total. The molecule has 21 heavy (non-hydrogen) atoms. The molecule has 2 aromatic rings. The number of hydrogen-bond acceptors (Lipinski definition) is 4. The zero-order valence-corrected chi connectivity index (χ0v) is 10.7. The number of hydrogen-bond donors (Lipinski definition) is 3. The molecule has 3 N–H and O–H groups in total. The highest BCUT2D eigenvalue weighted by Crippen LogP contribution is 2.17. The maximum atomic E-state index is 11.1. The first-order valence-electron chi connectivity index (χ1n) is 5.91. The van der Waals surface area contributed by atoms with E-state index >= 15 is 0 Å². The van der Waals surface area contributed by atoms with Gasteiger partial charge in [-0.1, -0.05) is 0 Å². The smallest absolute Gasteiger partial charge is 0.336 e. The number of carbonyl (C=O) groups is 2. The van der Waals surface area contributed by atoms with E-state index in [1.54, 1.807) is 0 Å². The zero-order valence-electron chi connectivity index (χ0n) is 10.7. The number of phenols is 1. The molecule has 2 aromatic carbocycles. The lowest BCUT2D eigenvalue weighted by atomic mass is 10.1. The number of nitrogens with zero attached hydrogens (tertiary/aromatic N) is 1. The molecule has 0 amide bonds. The van der Waals surface area contributed by atoms with Gasteiger partial charge in [0.1, 0.15) is 5.75 Å². The van der Waals surface area contributed by atoms with Crippen molar-refractivity contribution in [3.8, 4) is 5.75 Å². The highest BCUT2D eigenvalue weighted by Gasteiger charge is 2.09. The Morgan fingerprint density at radius 1 is 0.952 bits per heavy atom. The van der Waals surface area contributed by atoms with Crippen molar-refractivity contribution in [3.05, 3.63) is 59.2 Å². The summed E-state index contributed by atoms with van der Waals surface area (Å²) in [7, 11) is 0. The Morgan fingerprint density at radius 2 is 1.62 bits per heavy atom. The van der Waals surface area contributed by atoms with E-state index in [0.717, 1.165) is 6.07 Å². The molecule has 0 bridgehead atoms. The lowest BCUT2D eigenvalue weighted by Gasteiger charge is -2.01. The van der Waals surface area contributed by atoms with Crippen molar-refractivity contribution in [2.24, 2.45) is 4.99 Å². The Morgan fingerprint density at radius 3 is 2.19 bits per heavy atom. The van der Waals surface area contributed by atoms with Crippen molar-refractivity contribution >= 4 is 23.8 Å². The third-order valence-corrected chi connectivity index (χ3v) is 2.73. The molecule has 0 fully saturated rings. The summed E-state index contributed by atoms with van der Waals surface area (Å²) in [4.78, 5) is 25.9. The summed E-state index contributed by atoms with van der Waals surface area (Å²) in [6.07, 6.45) is 1.35. The number of benzene rings is 2. The van der Waals surface area contributed by atoms with Crippen molar-refractivity contribution in [1.82, 2.24) is 0 Å². The molecule has 6 heteroatoms. The highest BCUT2D eigenvalue weighted by molar-refractivity contribution is 5.99. The van der Waals surface area contributed by atoms with E-state index < -0.39 is 11.9 Å². The molecule has 0 aliphatic rings. The van der Waals surface area contributed by atoms with Crippen LogP contribution in [0, 0.1) is 0 Å². The van der Waals surface area contributed by atoms with Gasteiger partial charge in [0.25, 0.3) is 0 Å². The van der Waals surface area contributed by atoms with Crippen LogP contribution in [0.1, 0.15) is 26.3 Å². The second-order valence-corrected chi connectivity index (χ2v) is 4.19. The fourth-order valence-electron chi connectivity index (χ4n) is 1.68. The number of aromatic carboxylic acids is 2. The van der Waals surface area contributed by atoms with Crippen molar-refractivity contribution in [1.29, 1.82) is 0 Å². The molecule has 0 saturated heterocycles. The fourth-order valence-corrected chi connectivity index (χ4v) is 1.68. The third kappa shape index (κ3) is 3.44. The van der Waals surface area contributed by atoms with Crippen LogP contribution < -0.4 is 0 Å². The molecule has 0 unspecified atom stereocenters. The summed E-state index contributed by atoms with van der Waals surface area (Å²) in [5.41, 5.74) is 0.901. The quantitative estimate of drug-likeness (QED) is 0.748. The minimum Gasteiger partial charge on any atom is -0.508 e. The SMILES string of the molecule is O=C(O)c1ccc(/N=C/c2ccc(O)cc2C(=O)O)cc1. The second-order valence-electron chi connectivity index (χ2n) is 4.19. The molecule has 0 radical (unpaired) electrons. The standard InChI is InChI=1S/C15H11NO5/c17-12-6-3-10(13(7-12)15(20)21)8-16-11-4-1-9(2-5-11)14(18)19/h1-8,17H,(H,18,19)(H,20,21)/b16-8+. The molecular weight excluding hydrogens is 274 g/mol. The first kappa shape index (κ1) is 14.3. The number of carboxylic acid groups (broad SMARTS) is 2. The van der Waals surface area contributed by atoms with Crippen LogP contribution >= 0.6 is 0 Å². The van der Waals surface area contributed by atoms with E-state index in [4.69, 9.17) is 10.2 Å². The van der Waals surface area contributed by atoms with Gasteiger partial charge in [-0.25, -0.2) is 9.59 Å². The molecule has 106 valence electrons. The van der Waals surface area contributed by atoms with Gasteiger partial charge in [-0.05, 0) is 42.5 Å². The van der Waals surface area contributed by atoms with Gasteiger partial charge in [0.2, 0.25) is 0 Å². The van der Waals surface area contributed by atoms with Gasteiger partial charge >= 0.3 is 11.9 Å². The van der Waals surface area contributed by atoms with Gasteiger partial charge in [-0.2, -0.15) is 0 Å². The predicted molar refractivity (Wildman–Crippen MR) is 75.7 cm³/mol. The van der Waals surface area contributed by atoms with E-state index in [2.05, 4.69) is 4.99 Å². The number of rotatable bonds is 4. The average Bonchev–Trinajstić information content (AvgIpc) is 2.46. The van der Waals surface area contributed by atoms with Crippen molar-refractivity contribution in [2.45, 2.75) is 0 Å². The number of aliphatic imine (C=N–C) groups is 1. The second kappa shape index (κ2) is 5.87. The summed E-state index contributed by atoms with van der Waals surface area (Å²) >= 11 is 0. The first-order valence-corrected chi connectivity index (χ1v) is 5.91. The number of carboxylic acids is 2. The summed E-state index contributed by atoms with van der Waals surface area (Å²) in [6.45, 7) is 0. The maximum Gasteiger partial charge on any atom is 0.336 e. The molecule has 2 rings (SSSR count). The maximum absolute atomic E-state index is 11.1. The first-order chi connectivity index (χ1) is 9.97. The Kier molecular flexibility index (Phi) is 3.99. The van der Waals surface area contributed by atoms with Crippen LogP contribution in [0.25, 0.3) is 0 Å². The van der Waals surface area contributed by atoms with E-state index in [1.165, 1.54) is 42.6 Å². The minimum absolute atomic E-state index is 0.0686. The van der Waals surface area contributed by atoms with E-state index in [0.29, 0.717) is 11.3 Å². The van der Waals surface area contributed by atoms with E-state index in [1.807, 2.05) is 0 Å². The predicted octanol–water partition coefficient (Wildman–Crippen LogP) is 2.54. The van der Waals surface area contributed by atoms with Crippen LogP contribution in [0.4, 0.5) is 5.69 Å². The van der Waals surface area contributed by atoms with Gasteiger partial charge in [0.05, 0.1) is 16.8 Å². The zero-order chi connectivity index (χ0) is 15.4. The van der Waals surface area contributed by atoms with Crippen LogP contribution in [-0.2, 0) is 0 Å². The lowest BCUT2D eigenvalue weighted by Crippen LogP contribution is -2.01. The van der Waals surface area contributed by atoms with Crippen molar-refractivity contribution in [3.63, 3.8) is 0 Å². The van der Waals surface area contributed by atoms with Gasteiger partial charge in [0.15, 0.2) is 0 Å². The molecule has 0 aliphatic heterocycles. The summed E-state index contributed by atoms with van der Waals surface area (Å²) < 4.78 is 0. The molecule has 0 spiro atoms. The van der Waals surface area contributed by atoms with Gasteiger partial charge in [-0.15, -0.1) is 0 Å². The Bertz CT molecular complexity index is 719. The van der Waals surface area contributed by atoms with Crippen LogP contribution in [0.5, 0.6) is 5.75 Å². The molecule has 0 atom stereocenters. The fraction of sp³-hybridized carbons (Fsp3) is 0. The molecular formula is C15H11NO5. The minimum atomic E-state index is -1.17. The lowest BCUT2D eigenvalue weighted by molar-refractivity contribution is 0.0686. The topological polar surface area (TPSA) is 107 Å². The average molecular weight is 285 g/mol. The van der Waals surface area contributed by atoms with Crippen LogP contribution in [-0.4, -0.2) is 33.5 Å². The number of phenolic OH excluding ortho intramolecular Hbond substituents is 1. The number of aromatic hydroxyl groups is 1. The normalized spacial score (nSPS) is 10.7. The van der Waals surface area contributed by atoms with Crippen LogP contribution in [0.3, 0.4) is 0 Å². The van der Waals surface area contributed by atoms with Crippen molar-refractivity contribution < 1.29 is 24.9 Å². The largest absolute Gasteiger partial charge is 0.508 e. The Hall–Kier alpha value is -3.15. The Labute approximate surface area is 119 Å². The van der Waals surface area contributed by atoms with E-state index in [9.17, 15) is 14.7 Å². The third-order valence-electron chi connectivity index (χ3n) is 2.73. The summed E-state index contributed by atoms with van der Waals surface area (Å²) in [5, 5.41) is 27.1. The monoisotopic (exact) mass is 285 g/mol. The highest BCUT2D eigenvalue weighted by atomic mass is 16.4. The van der Waals surface area contributed by atoms with Crippen LogP contribution in [0.15, 0.2) is 47.5 Å². The molecule has 0 aromatic heterocycles.